The second-order valence-corrected chi connectivity index (χ2v) is 5.76. The number of rotatable bonds is 3. The van der Waals surface area contributed by atoms with Gasteiger partial charge in [-0.1, -0.05) is 35.0 Å². The van der Waals surface area contributed by atoms with Gasteiger partial charge >= 0.3 is 0 Å². The van der Waals surface area contributed by atoms with Crippen LogP contribution in [0.15, 0.2) is 53.1 Å². The molecule has 0 aliphatic carbocycles. The molecule has 5 heteroatoms. The Kier molecular flexibility index (Phi) is 3.31. The summed E-state index contributed by atoms with van der Waals surface area (Å²) >= 11 is 5.89. The summed E-state index contributed by atoms with van der Waals surface area (Å²) in [6.07, 6.45) is 1.06. The molecule has 0 saturated carbocycles. The van der Waals surface area contributed by atoms with E-state index in [-0.39, 0.29) is 0 Å². The second kappa shape index (κ2) is 5.46. The lowest BCUT2D eigenvalue weighted by Gasteiger charge is -2.16. The van der Waals surface area contributed by atoms with Crippen LogP contribution >= 0.6 is 11.6 Å². The fourth-order valence-corrected chi connectivity index (χ4v) is 2.90. The molecule has 0 bridgehead atoms. The first kappa shape index (κ1) is 13.3. The van der Waals surface area contributed by atoms with Crippen molar-refractivity contribution in [3.05, 3.63) is 65.0 Å². The van der Waals surface area contributed by atoms with Crippen LogP contribution < -0.4 is 4.90 Å². The van der Waals surface area contributed by atoms with Gasteiger partial charge in [0.05, 0.1) is 6.54 Å². The summed E-state index contributed by atoms with van der Waals surface area (Å²) in [5.74, 6) is 1.22. The lowest BCUT2D eigenvalue weighted by Crippen LogP contribution is -2.19. The highest BCUT2D eigenvalue weighted by Crippen LogP contribution is 2.29. The number of hydrogen-bond donors (Lipinski definition) is 0. The molecule has 0 saturated heterocycles. The summed E-state index contributed by atoms with van der Waals surface area (Å²) in [5.41, 5.74) is 3.54. The lowest BCUT2D eigenvalue weighted by molar-refractivity contribution is 0.377. The van der Waals surface area contributed by atoms with Crippen molar-refractivity contribution in [1.29, 1.82) is 0 Å². The smallest absolute Gasteiger partial charge is 0.246 e. The highest BCUT2D eigenvalue weighted by Gasteiger charge is 2.20. The van der Waals surface area contributed by atoms with Gasteiger partial charge in [-0.15, -0.1) is 0 Å². The number of benzene rings is 2. The molecule has 0 radical (unpaired) electrons. The van der Waals surface area contributed by atoms with E-state index in [1.807, 2.05) is 24.3 Å². The molecule has 22 heavy (non-hydrogen) atoms. The van der Waals surface area contributed by atoms with Gasteiger partial charge in [-0.3, -0.25) is 0 Å². The van der Waals surface area contributed by atoms with E-state index in [9.17, 15) is 0 Å². The van der Waals surface area contributed by atoms with Gasteiger partial charge in [0.25, 0.3) is 0 Å². The third-order valence-electron chi connectivity index (χ3n) is 3.88. The van der Waals surface area contributed by atoms with Crippen LogP contribution in [0.2, 0.25) is 5.02 Å². The minimum absolute atomic E-state index is 0.596. The van der Waals surface area contributed by atoms with E-state index in [4.69, 9.17) is 16.1 Å². The van der Waals surface area contributed by atoms with Crippen molar-refractivity contribution in [3.63, 3.8) is 0 Å². The normalized spacial score (nSPS) is 13.4. The Morgan fingerprint density at radius 3 is 2.77 bits per heavy atom. The van der Waals surface area contributed by atoms with Crippen LogP contribution in [0, 0.1) is 0 Å². The van der Waals surface area contributed by atoms with Gasteiger partial charge in [0.1, 0.15) is 0 Å². The van der Waals surface area contributed by atoms with E-state index in [1.54, 1.807) is 0 Å². The molecule has 0 spiro atoms. The monoisotopic (exact) mass is 311 g/mol. The van der Waals surface area contributed by atoms with Crippen molar-refractivity contribution in [3.8, 4) is 11.4 Å². The van der Waals surface area contributed by atoms with Gasteiger partial charge in [-0.2, -0.15) is 4.98 Å². The number of nitrogens with zero attached hydrogens (tertiary/aromatic N) is 3. The Hall–Kier alpha value is -2.33. The predicted molar refractivity (Wildman–Crippen MR) is 85.9 cm³/mol. The molecule has 0 fully saturated rings. The number of hydrogen-bond acceptors (Lipinski definition) is 4. The summed E-state index contributed by atoms with van der Waals surface area (Å²) in [5, 5.41) is 4.75. The van der Waals surface area contributed by atoms with Crippen LogP contribution in [0.5, 0.6) is 0 Å². The first-order valence-electron chi connectivity index (χ1n) is 7.21. The Morgan fingerprint density at radius 2 is 1.91 bits per heavy atom. The van der Waals surface area contributed by atoms with Crippen LogP contribution in [0.4, 0.5) is 5.69 Å². The molecular weight excluding hydrogens is 298 g/mol. The number of anilines is 1. The van der Waals surface area contributed by atoms with Crippen molar-refractivity contribution >= 4 is 17.3 Å². The Morgan fingerprint density at radius 1 is 1.09 bits per heavy atom. The van der Waals surface area contributed by atoms with E-state index >= 15 is 0 Å². The highest BCUT2D eigenvalue weighted by atomic mass is 35.5. The van der Waals surface area contributed by atoms with Crippen LogP contribution in [0.1, 0.15) is 11.5 Å². The summed E-state index contributed by atoms with van der Waals surface area (Å²) in [6, 6.07) is 15.9. The van der Waals surface area contributed by atoms with Gasteiger partial charge in [0, 0.05) is 22.8 Å². The maximum Gasteiger partial charge on any atom is 0.246 e. The largest absolute Gasteiger partial charge is 0.362 e. The molecule has 0 N–H and O–H groups in total. The molecule has 1 aromatic heterocycles. The maximum absolute atomic E-state index is 5.89. The van der Waals surface area contributed by atoms with Gasteiger partial charge in [-0.05, 0) is 42.3 Å². The predicted octanol–water partition coefficient (Wildman–Crippen LogP) is 3.95. The van der Waals surface area contributed by atoms with Crippen molar-refractivity contribution in [2.45, 2.75) is 13.0 Å². The van der Waals surface area contributed by atoms with E-state index in [0.717, 1.165) is 18.5 Å². The van der Waals surface area contributed by atoms with Crippen molar-refractivity contribution in [2.75, 3.05) is 11.4 Å². The van der Waals surface area contributed by atoms with Gasteiger partial charge in [0.2, 0.25) is 11.7 Å². The van der Waals surface area contributed by atoms with E-state index in [2.05, 4.69) is 39.3 Å². The topological polar surface area (TPSA) is 42.2 Å². The third-order valence-corrected chi connectivity index (χ3v) is 4.13. The Bertz CT molecular complexity index is 798. The average Bonchev–Trinajstić information content (AvgIpc) is 3.16. The average molecular weight is 312 g/mol. The Labute approximate surface area is 133 Å². The molecule has 1 aliphatic rings. The lowest BCUT2D eigenvalue weighted by atomic mass is 10.2. The van der Waals surface area contributed by atoms with Crippen molar-refractivity contribution < 1.29 is 4.52 Å². The molecular formula is C17H14ClN3O. The minimum Gasteiger partial charge on any atom is -0.362 e. The number of aromatic nitrogens is 2. The number of fused-ring (bicyclic) bond motifs is 1. The first-order valence-corrected chi connectivity index (χ1v) is 7.59. The summed E-state index contributed by atoms with van der Waals surface area (Å²) in [7, 11) is 0. The molecule has 1 aliphatic heterocycles. The van der Waals surface area contributed by atoms with Crippen molar-refractivity contribution in [2.24, 2.45) is 0 Å². The summed E-state index contributed by atoms with van der Waals surface area (Å²) < 4.78 is 5.39. The van der Waals surface area contributed by atoms with Crippen molar-refractivity contribution in [1.82, 2.24) is 10.1 Å². The zero-order valence-corrected chi connectivity index (χ0v) is 12.6. The van der Waals surface area contributed by atoms with Crippen LogP contribution in [0.3, 0.4) is 0 Å². The molecule has 2 aromatic carbocycles. The number of halogens is 1. The molecule has 4 nitrogen and oxygen atoms in total. The van der Waals surface area contributed by atoms with E-state index in [0.29, 0.717) is 23.3 Å². The first-order chi connectivity index (χ1) is 10.8. The van der Waals surface area contributed by atoms with Crippen LogP contribution in [0.25, 0.3) is 11.4 Å². The SMILES string of the molecule is Clc1ccc(-c2noc(CN3CCc4ccccc43)n2)cc1. The van der Waals surface area contributed by atoms with Gasteiger partial charge in [0.15, 0.2) is 0 Å². The minimum atomic E-state index is 0.596. The van der Waals surface area contributed by atoms with Crippen LogP contribution in [-0.2, 0) is 13.0 Å². The quantitative estimate of drug-likeness (QED) is 0.734. The standard InChI is InChI=1S/C17H14ClN3O/c18-14-7-5-13(6-8-14)17-19-16(22-20-17)11-21-10-9-12-3-1-2-4-15(12)21/h1-8H,9-11H2. The zero-order valence-electron chi connectivity index (χ0n) is 11.9. The number of para-hydroxylation sites is 1. The molecule has 0 unspecified atom stereocenters. The highest BCUT2D eigenvalue weighted by molar-refractivity contribution is 6.30. The molecule has 0 amide bonds. The summed E-state index contributed by atoms with van der Waals surface area (Å²) in [4.78, 5) is 6.76. The maximum atomic E-state index is 5.89. The third kappa shape index (κ3) is 2.46. The molecule has 3 aromatic rings. The summed E-state index contributed by atoms with van der Waals surface area (Å²) in [6.45, 7) is 1.62. The van der Waals surface area contributed by atoms with Gasteiger partial charge < -0.3 is 9.42 Å². The van der Waals surface area contributed by atoms with E-state index < -0.39 is 0 Å². The Balaban J connectivity index is 1.54. The fraction of sp³-hybridized carbons (Fsp3) is 0.176. The fourth-order valence-electron chi connectivity index (χ4n) is 2.77. The van der Waals surface area contributed by atoms with Crippen LogP contribution in [-0.4, -0.2) is 16.7 Å². The molecule has 110 valence electrons. The molecule has 2 heterocycles. The van der Waals surface area contributed by atoms with Gasteiger partial charge in [-0.25, -0.2) is 0 Å². The second-order valence-electron chi connectivity index (χ2n) is 5.32. The zero-order chi connectivity index (χ0) is 14.9. The van der Waals surface area contributed by atoms with E-state index in [1.165, 1.54) is 11.3 Å². The molecule has 0 atom stereocenters. The molecule has 4 rings (SSSR count).